The fourth-order valence-corrected chi connectivity index (χ4v) is 1.41. The molecule has 0 radical (unpaired) electrons. The molecule has 0 aromatic heterocycles. The topological polar surface area (TPSA) is 188 Å². The van der Waals surface area contributed by atoms with Crippen LogP contribution in [0.15, 0.2) is 0 Å². The summed E-state index contributed by atoms with van der Waals surface area (Å²) in [6, 6.07) is 0. The summed E-state index contributed by atoms with van der Waals surface area (Å²) in [5.74, 6) is -3.76. The van der Waals surface area contributed by atoms with Crippen LogP contribution in [0.4, 0.5) is 0 Å². The zero-order valence-corrected chi connectivity index (χ0v) is 10.5. The highest BCUT2D eigenvalue weighted by Crippen LogP contribution is 2.10. The van der Waals surface area contributed by atoms with Crippen molar-refractivity contribution >= 4 is 11.9 Å². The van der Waals surface area contributed by atoms with Crippen LogP contribution in [0.5, 0.6) is 0 Å². The van der Waals surface area contributed by atoms with Crippen LogP contribution in [0.2, 0.25) is 0 Å². The van der Waals surface area contributed by atoms with E-state index in [4.69, 9.17) is 30.6 Å². The number of carboxylic acid groups (broad SMARTS) is 2. The van der Waals surface area contributed by atoms with E-state index in [1.54, 1.807) is 0 Å². The van der Waals surface area contributed by atoms with Crippen LogP contribution in [-0.2, 0) is 9.59 Å². The molecule has 10 heteroatoms. The Morgan fingerprint density at radius 1 is 1.05 bits per heavy atom. The van der Waals surface area contributed by atoms with Gasteiger partial charge in [0.1, 0.15) is 0 Å². The SMILES string of the molecule is C.O=C(O)C(O)C(O)C(=O)O.OC[C@H]1CNC[C@@H](O)[C@@H]1O. The standard InChI is InChI=1S/C6H13NO3.C4H6O6.CH4/c8-3-4-1-7-2-5(9)6(4)10;5-1(3(7)8)2(6)4(9)10;/h4-10H,1-3H2;1-2,5-6H,(H,7,8)(H,9,10);1H4/t4-,5-,6-;;/m1../s1. The number of hydrogen-bond donors (Lipinski definition) is 8. The summed E-state index contributed by atoms with van der Waals surface area (Å²) in [4.78, 5) is 19.5. The van der Waals surface area contributed by atoms with Crippen LogP contribution >= 0.6 is 0 Å². The maximum Gasteiger partial charge on any atom is 0.335 e. The van der Waals surface area contributed by atoms with Crippen LogP contribution in [0.25, 0.3) is 0 Å². The third kappa shape index (κ3) is 7.32. The number of aliphatic hydroxyl groups excluding tert-OH is 5. The highest BCUT2D eigenvalue weighted by Gasteiger charge is 2.30. The number of carboxylic acids is 2. The minimum absolute atomic E-state index is 0. The number of β-amino-alcohol motifs (C(OH)–C–C–N with tert-alkyl or cyclic N) is 1. The molecular formula is C11H23NO9. The lowest BCUT2D eigenvalue weighted by atomic mass is 9.95. The maximum absolute atomic E-state index is 9.77. The second kappa shape index (κ2) is 10.4. The Hall–Kier alpha value is -1.30. The highest BCUT2D eigenvalue weighted by molar-refractivity contribution is 5.83. The van der Waals surface area contributed by atoms with E-state index in [0.29, 0.717) is 13.1 Å². The Morgan fingerprint density at radius 3 is 1.76 bits per heavy atom. The van der Waals surface area contributed by atoms with Crippen molar-refractivity contribution in [2.24, 2.45) is 5.92 Å². The lowest BCUT2D eigenvalue weighted by Gasteiger charge is -2.30. The zero-order chi connectivity index (χ0) is 15.9. The second-order valence-electron chi connectivity index (χ2n) is 4.22. The fraction of sp³-hybridized carbons (Fsp3) is 0.818. The van der Waals surface area contributed by atoms with E-state index in [0.717, 1.165) is 0 Å². The molecule has 2 unspecified atom stereocenters. The quantitative estimate of drug-likeness (QED) is 0.258. The molecule has 126 valence electrons. The number of rotatable bonds is 4. The summed E-state index contributed by atoms with van der Waals surface area (Å²) in [5, 5.41) is 62.3. The first-order valence-corrected chi connectivity index (χ1v) is 5.71. The van der Waals surface area contributed by atoms with E-state index in [2.05, 4.69) is 5.32 Å². The summed E-state index contributed by atoms with van der Waals surface area (Å²) in [6.45, 7) is 0.914. The predicted molar refractivity (Wildman–Crippen MR) is 69.5 cm³/mol. The normalized spacial score (nSPS) is 27.4. The molecule has 1 aliphatic heterocycles. The van der Waals surface area contributed by atoms with E-state index in [9.17, 15) is 14.7 Å². The lowest BCUT2D eigenvalue weighted by molar-refractivity contribution is -0.165. The molecule has 1 rings (SSSR count). The minimum atomic E-state index is -2.27. The van der Waals surface area contributed by atoms with Gasteiger partial charge in [-0.15, -0.1) is 0 Å². The van der Waals surface area contributed by atoms with Gasteiger partial charge in [-0.05, 0) is 0 Å². The molecule has 0 aromatic rings. The Bertz CT molecular complexity index is 307. The average molecular weight is 313 g/mol. The molecule has 1 saturated heterocycles. The van der Waals surface area contributed by atoms with Gasteiger partial charge in [-0.25, -0.2) is 9.59 Å². The molecule has 0 aromatic carbocycles. The van der Waals surface area contributed by atoms with Crippen molar-refractivity contribution in [2.75, 3.05) is 19.7 Å². The van der Waals surface area contributed by atoms with Gasteiger partial charge in [0.15, 0.2) is 12.2 Å². The largest absolute Gasteiger partial charge is 0.479 e. The molecule has 5 atom stereocenters. The molecule has 0 spiro atoms. The van der Waals surface area contributed by atoms with Crippen molar-refractivity contribution in [1.29, 1.82) is 0 Å². The van der Waals surface area contributed by atoms with Crippen molar-refractivity contribution in [3.8, 4) is 0 Å². The smallest absolute Gasteiger partial charge is 0.335 e. The summed E-state index contributed by atoms with van der Waals surface area (Å²) in [5.41, 5.74) is 0. The molecule has 1 heterocycles. The van der Waals surface area contributed by atoms with E-state index in [-0.39, 0.29) is 20.0 Å². The average Bonchev–Trinajstić information content (AvgIpc) is 2.40. The van der Waals surface area contributed by atoms with Gasteiger partial charge < -0.3 is 41.1 Å². The number of carbonyl (C=O) groups is 2. The lowest BCUT2D eigenvalue weighted by Crippen LogP contribution is -2.51. The fourth-order valence-electron chi connectivity index (χ4n) is 1.41. The molecule has 10 nitrogen and oxygen atoms in total. The van der Waals surface area contributed by atoms with Crippen molar-refractivity contribution < 1.29 is 45.3 Å². The third-order valence-corrected chi connectivity index (χ3v) is 2.68. The first kappa shape index (κ1) is 22.0. The van der Waals surface area contributed by atoms with Gasteiger partial charge in [0.25, 0.3) is 0 Å². The van der Waals surface area contributed by atoms with Crippen molar-refractivity contribution in [3.63, 3.8) is 0 Å². The summed E-state index contributed by atoms with van der Waals surface area (Å²) < 4.78 is 0. The Labute approximate surface area is 121 Å². The van der Waals surface area contributed by atoms with Crippen LogP contribution in [-0.4, -0.2) is 91.8 Å². The maximum atomic E-state index is 9.77. The Morgan fingerprint density at radius 2 is 1.48 bits per heavy atom. The van der Waals surface area contributed by atoms with Crippen LogP contribution < -0.4 is 5.32 Å². The first-order valence-electron chi connectivity index (χ1n) is 5.71. The van der Waals surface area contributed by atoms with Gasteiger partial charge in [-0.2, -0.15) is 0 Å². The molecular weight excluding hydrogens is 290 g/mol. The van der Waals surface area contributed by atoms with Crippen molar-refractivity contribution in [1.82, 2.24) is 5.32 Å². The monoisotopic (exact) mass is 313 g/mol. The molecule has 0 bridgehead atoms. The molecule has 0 saturated carbocycles. The van der Waals surface area contributed by atoms with Gasteiger partial charge in [0.2, 0.25) is 0 Å². The number of aliphatic carboxylic acids is 2. The van der Waals surface area contributed by atoms with E-state index in [1.165, 1.54) is 0 Å². The number of piperidine rings is 1. The van der Waals surface area contributed by atoms with Crippen LogP contribution in [0.3, 0.4) is 0 Å². The molecule has 1 fully saturated rings. The first-order chi connectivity index (χ1) is 9.22. The van der Waals surface area contributed by atoms with E-state index >= 15 is 0 Å². The molecule has 0 amide bonds. The van der Waals surface area contributed by atoms with E-state index < -0.39 is 36.4 Å². The highest BCUT2D eigenvalue weighted by atomic mass is 16.4. The summed E-state index contributed by atoms with van der Waals surface area (Å²) in [7, 11) is 0. The molecule has 8 N–H and O–H groups in total. The molecule has 0 aliphatic carbocycles. The molecule has 21 heavy (non-hydrogen) atoms. The van der Waals surface area contributed by atoms with Crippen molar-refractivity contribution in [3.05, 3.63) is 0 Å². The van der Waals surface area contributed by atoms with E-state index in [1.807, 2.05) is 0 Å². The third-order valence-electron chi connectivity index (χ3n) is 2.68. The van der Waals surface area contributed by atoms with Gasteiger partial charge >= 0.3 is 11.9 Å². The Kier molecular flexibility index (Phi) is 10.9. The van der Waals surface area contributed by atoms with Gasteiger partial charge in [0.05, 0.1) is 12.2 Å². The van der Waals surface area contributed by atoms with Crippen molar-refractivity contribution in [2.45, 2.75) is 31.8 Å². The predicted octanol–water partition coefficient (Wildman–Crippen LogP) is -3.57. The van der Waals surface area contributed by atoms with Gasteiger partial charge in [-0.3, -0.25) is 0 Å². The van der Waals surface area contributed by atoms with Gasteiger partial charge in [-0.1, -0.05) is 7.43 Å². The zero-order valence-electron chi connectivity index (χ0n) is 10.5. The van der Waals surface area contributed by atoms with Gasteiger partial charge in [0, 0.05) is 25.6 Å². The number of hydrogen-bond acceptors (Lipinski definition) is 8. The minimum Gasteiger partial charge on any atom is -0.479 e. The molecule has 1 aliphatic rings. The Balaban J connectivity index is 0. The van der Waals surface area contributed by atoms with Crippen LogP contribution in [0, 0.1) is 5.92 Å². The second-order valence-corrected chi connectivity index (χ2v) is 4.22. The summed E-state index contributed by atoms with van der Waals surface area (Å²) >= 11 is 0. The number of aliphatic hydroxyl groups is 5. The summed E-state index contributed by atoms with van der Waals surface area (Å²) in [6.07, 6.45) is -6.04. The van der Waals surface area contributed by atoms with Crippen LogP contribution in [0.1, 0.15) is 7.43 Å². The number of nitrogens with one attached hydrogen (secondary N) is 1.